The van der Waals surface area contributed by atoms with Crippen LogP contribution >= 0.6 is 0 Å². The summed E-state index contributed by atoms with van der Waals surface area (Å²) < 4.78 is 0. The van der Waals surface area contributed by atoms with Crippen LogP contribution in [0.25, 0.3) is 0 Å². The SMILES string of the molecule is CC1CC1=O.CCC(=O)c1ccccc1. The molecular weight excluding hydrogens is 188 g/mol. The highest BCUT2D eigenvalue weighted by Gasteiger charge is 2.28. The fraction of sp³-hybridized carbons (Fsp3) is 0.385. The molecule has 1 saturated carbocycles. The molecule has 0 amide bonds. The van der Waals surface area contributed by atoms with Crippen molar-refractivity contribution in [3.63, 3.8) is 0 Å². The van der Waals surface area contributed by atoms with Crippen molar-refractivity contribution in [2.24, 2.45) is 5.92 Å². The van der Waals surface area contributed by atoms with Gasteiger partial charge in [-0.2, -0.15) is 0 Å². The number of hydrogen-bond donors (Lipinski definition) is 0. The van der Waals surface area contributed by atoms with E-state index in [-0.39, 0.29) is 5.78 Å². The van der Waals surface area contributed by atoms with Gasteiger partial charge in [-0.3, -0.25) is 9.59 Å². The van der Waals surface area contributed by atoms with Gasteiger partial charge in [0.15, 0.2) is 5.78 Å². The Morgan fingerprint density at radius 3 is 2.13 bits per heavy atom. The Bertz CT molecular complexity index is 341. The maximum Gasteiger partial charge on any atom is 0.162 e. The molecule has 0 N–H and O–H groups in total. The van der Waals surface area contributed by atoms with E-state index in [0.717, 1.165) is 12.0 Å². The minimum absolute atomic E-state index is 0.209. The standard InChI is InChI=1S/C9H10O.C4H6O/c1-2-9(10)8-6-4-3-5-7-8;1-3-2-4(3)5/h3-7H,2H2,1H3;3H,2H2,1H3. The minimum Gasteiger partial charge on any atom is -0.299 e. The van der Waals surface area contributed by atoms with E-state index in [1.807, 2.05) is 44.2 Å². The summed E-state index contributed by atoms with van der Waals surface area (Å²) in [6.07, 6.45) is 1.42. The average molecular weight is 204 g/mol. The van der Waals surface area contributed by atoms with E-state index < -0.39 is 0 Å². The Labute approximate surface area is 90.3 Å². The number of Topliss-reactive ketones (excluding diaryl/α,β-unsaturated/α-hetero) is 2. The van der Waals surface area contributed by atoms with Gasteiger partial charge in [-0.15, -0.1) is 0 Å². The van der Waals surface area contributed by atoms with Gasteiger partial charge in [0, 0.05) is 24.3 Å². The molecule has 0 radical (unpaired) electrons. The first-order valence-corrected chi connectivity index (χ1v) is 5.26. The van der Waals surface area contributed by atoms with Gasteiger partial charge in [-0.1, -0.05) is 44.2 Å². The number of ketones is 2. The van der Waals surface area contributed by atoms with E-state index >= 15 is 0 Å². The third-order valence-corrected chi connectivity index (χ3v) is 2.31. The topological polar surface area (TPSA) is 34.1 Å². The number of benzene rings is 1. The van der Waals surface area contributed by atoms with Crippen LogP contribution in [-0.2, 0) is 4.79 Å². The van der Waals surface area contributed by atoms with Gasteiger partial charge in [0.25, 0.3) is 0 Å². The average Bonchev–Trinajstić information content (AvgIpc) is 2.93. The van der Waals surface area contributed by atoms with E-state index in [1.54, 1.807) is 0 Å². The lowest BCUT2D eigenvalue weighted by molar-refractivity contribution is -0.110. The highest BCUT2D eigenvalue weighted by Crippen LogP contribution is 2.21. The monoisotopic (exact) mass is 204 g/mol. The quantitative estimate of drug-likeness (QED) is 0.694. The molecule has 1 aromatic rings. The van der Waals surface area contributed by atoms with Crippen molar-refractivity contribution < 1.29 is 9.59 Å². The zero-order valence-electron chi connectivity index (χ0n) is 9.19. The molecule has 1 aromatic carbocycles. The molecule has 1 aliphatic carbocycles. The fourth-order valence-electron chi connectivity index (χ4n) is 1.07. The molecule has 0 saturated heterocycles. The van der Waals surface area contributed by atoms with Gasteiger partial charge in [0.1, 0.15) is 5.78 Å². The molecule has 1 fully saturated rings. The second-order valence-electron chi connectivity index (χ2n) is 3.71. The zero-order chi connectivity index (χ0) is 11.3. The Hall–Kier alpha value is -1.44. The van der Waals surface area contributed by atoms with Crippen molar-refractivity contribution in [3.8, 4) is 0 Å². The Balaban J connectivity index is 0.000000187. The molecule has 1 atom stereocenters. The van der Waals surface area contributed by atoms with Gasteiger partial charge < -0.3 is 0 Å². The van der Waals surface area contributed by atoms with Crippen LogP contribution in [-0.4, -0.2) is 11.6 Å². The summed E-state index contributed by atoms with van der Waals surface area (Å²) in [5, 5.41) is 0. The Kier molecular flexibility index (Phi) is 4.22. The van der Waals surface area contributed by atoms with E-state index in [9.17, 15) is 9.59 Å². The normalized spacial score (nSPS) is 17.7. The molecule has 0 spiro atoms. The number of hydrogen-bond acceptors (Lipinski definition) is 2. The van der Waals surface area contributed by atoms with E-state index in [4.69, 9.17) is 0 Å². The molecule has 2 nitrogen and oxygen atoms in total. The maximum atomic E-state index is 11.0. The maximum absolute atomic E-state index is 11.0. The molecule has 0 aromatic heterocycles. The largest absolute Gasteiger partial charge is 0.299 e. The molecular formula is C13H16O2. The predicted molar refractivity (Wildman–Crippen MR) is 59.9 cm³/mol. The van der Waals surface area contributed by atoms with Crippen molar-refractivity contribution in [1.29, 1.82) is 0 Å². The van der Waals surface area contributed by atoms with Crippen LogP contribution in [0, 0.1) is 5.92 Å². The van der Waals surface area contributed by atoms with Gasteiger partial charge in [-0.05, 0) is 0 Å². The lowest BCUT2D eigenvalue weighted by Gasteiger charge is -1.93. The second kappa shape index (κ2) is 5.44. The Morgan fingerprint density at radius 1 is 1.33 bits per heavy atom. The predicted octanol–water partition coefficient (Wildman–Crippen LogP) is 2.87. The van der Waals surface area contributed by atoms with Crippen molar-refractivity contribution in [1.82, 2.24) is 0 Å². The summed E-state index contributed by atoms with van der Waals surface area (Å²) >= 11 is 0. The lowest BCUT2D eigenvalue weighted by Crippen LogP contribution is -1.94. The fourth-order valence-corrected chi connectivity index (χ4v) is 1.07. The van der Waals surface area contributed by atoms with Crippen LogP contribution in [0.4, 0.5) is 0 Å². The number of rotatable bonds is 2. The van der Waals surface area contributed by atoms with Gasteiger partial charge in [0.2, 0.25) is 0 Å². The molecule has 2 rings (SSSR count). The highest BCUT2D eigenvalue weighted by molar-refractivity contribution is 5.95. The van der Waals surface area contributed by atoms with Crippen LogP contribution in [0.1, 0.15) is 37.0 Å². The van der Waals surface area contributed by atoms with Crippen molar-refractivity contribution >= 4 is 11.6 Å². The second-order valence-corrected chi connectivity index (χ2v) is 3.71. The summed E-state index contributed by atoms with van der Waals surface area (Å²) in [5.74, 6) is 1.04. The molecule has 0 bridgehead atoms. The van der Waals surface area contributed by atoms with E-state index in [0.29, 0.717) is 18.1 Å². The first-order valence-electron chi connectivity index (χ1n) is 5.26. The van der Waals surface area contributed by atoms with Crippen LogP contribution in [0.5, 0.6) is 0 Å². The molecule has 0 heterocycles. The van der Waals surface area contributed by atoms with Crippen LogP contribution in [0.15, 0.2) is 30.3 Å². The van der Waals surface area contributed by atoms with Crippen LogP contribution in [0.2, 0.25) is 0 Å². The first-order chi connectivity index (χ1) is 7.15. The third kappa shape index (κ3) is 4.07. The van der Waals surface area contributed by atoms with Gasteiger partial charge in [0.05, 0.1) is 0 Å². The smallest absolute Gasteiger partial charge is 0.162 e. The Morgan fingerprint density at radius 2 is 1.80 bits per heavy atom. The number of carbonyl (C=O) groups excluding carboxylic acids is 2. The van der Waals surface area contributed by atoms with Crippen molar-refractivity contribution in [3.05, 3.63) is 35.9 Å². The van der Waals surface area contributed by atoms with Crippen LogP contribution < -0.4 is 0 Å². The molecule has 1 aliphatic rings. The third-order valence-electron chi connectivity index (χ3n) is 2.31. The van der Waals surface area contributed by atoms with Crippen LogP contribution in [0.3, 0.4) is 0 Å². The van der Waals surface area contributed by atoms with Crippen molar-refractivity contribution in [2.45, 2.75) is 26.7 Å². The molecule has 1 unspecified atom stereocenters. The first kappa shape index (κ1) is 11.6. The van der Waals surface area contributed by atoms with Gasteiger partial charge >= 0.3 is 0 Å². The molecule has 0 aliphatic heterocycles. The highest BCUT2D eigenvalue weighted by atomic mass is 16.1. The molecule has 80 valence electrons. The summed E-state index contributed by atoms with van der Waals surface area (Å²) in [6, 6.07) is 9.34. The van der Waals surface area contributed by atoms with Gasteiger partial charge in [-0.25, -0.2) is 0 Å². The summed E-state index contributed by atoms with van der Waals surface area (Å²) in [5.41, 5.74) is 0.810. The number of carbonyl (C=O) groups is 2. The van der Waals surface area contributed by atoms with Crippen molar-refractivity contribution in [2.75, 3.05) is 0 Å². The molecule has 2 heteroatoms. The molecule has 15 heavy (non-hydrogen) atoms. The minimum atomic E-state index is 0.209. The lowest BCUT2D eigenvalue weighted by atomic mass is 10.1. The summed E-state index contributed by atoms with van der Waals surface area (Å²) in [6.45, 7) is 3.82. The summed E-state index contributed by atoms with van der Waals surface area (Å²) in [7, 11) is 0. The zero-order valence-corrected chi connectivity index (χ0v) is 9.19. The summed E-state index contributed by atoms with van der Waals surface area (Å²) in [4.78, 5) is 20.9. The van der Waals surface area contributed by atoms with E-state index in [2.05, 4.69) is 0 Å². The van der Waals surface area contributed by atoms with E-state index in [1.165, 1.54) is 0 Å².